The number of rotatable bonds is 4. The molecule has 0 saturated heterocycles. The molecule has 0 radical (unpaired) electrons. The summed E-state index contributed by atoms with van der Waals surface area (Å²) in [6, 6.07) is 3.37. The largest absolute Gasteiger partial charge is 0.383 e. The fourth-order valence-electron chi connectivity index (χ4n) is 3.21. The highest BCUT2D eigenvalue weighted by atomic mass is 32.2. The Bertz CT molecular complexity index is 1030. The molecule has 1 aliphatic carbocycles. The lowest BCUT2D eigenvalue weighted by Gasteiger charge is -2.15. The van der Waals surface area contributed by atoms with E-state index >= 15 is 0 Å². The Balaban J connectivity index is 1.89. The second-order valence-electron chi connectivity index (χ2n) is 7.85. The number of hydrogen-bond acceptors (Lipinski definition) is 5. The maximum absolute atomic E-state index is 12.8. The van der Waals surface area contributed by atoms with Crippen molar-refractivity contribution in [3.63, 3.8) is 0 Å². The van der Waals surface area contributed by atoms with Crippen LogP contribution in [0.4, 0.5) is 10.5 Å². The molecule has 4 N–H and O–H groups in total. The second-order valence-corrected chi connectivity index (χ2v) is 10.9. The van der Waals surface area contributed by atoms with Crippen LogP contribution >= 0.6 is 11.3 Å². The summed E-state index contributed by atoms with van der Waals surface area (Å²) in [5, 5.41) is 18.9. The molecular weight excluding hydrogens is 396 g/mol. The number of aromatic nitrogens is 1. The summed E-state index contributed by atoms with van der Waals surface area (Å²) >= 11 is 0.984. The number of hydrogen-bond donors (Lipinski definition) is 3. The fourth-order valence-corrected chi connectivity index (χ4v) is 5.28. The van der Waals surface area contributed by atoms with E-state index in [-0.39, 0.29) is 10.1 Å². The number of aryl methyl sites for hydroxylation is 2. The van der Waals surface area contributed by atoms with Gasteiger partial charge in [0.05, 0.1) is 6.20 Å². The normalized spacial score (nSPS) is 16.0. The van der Waals surface area contributed by atoms with Crippen molar-refractivity contribution in [3.8, 4) is 0 Å². The maximum Gasteiger partial charge on any atom is 0.354 e. The minimum atomic E-state index is -3.46. The van der Waals surface area contributed by atoms with Gasteiger partial charge in [0, 0.05) is 5.69 Å². The Kier molecular flexibility index (Phi) is 5.64. The molecule has 3 rings (SSSR count). The van der Waals surface area contributed by atoms with Crippen molar-refractivity contribution in [2.24, 2.45) is 9.50 Å². The molecule has 1 atom stereocenters. The van der Waals surface area contributed by atoms with Gasteiger partial charge in [0.1, 0.15) is 14.8 Å². The standard InChI is InChI=1S/C19H26N4O3S2/c1-11(2)14-8-12-6-5-7-13(12)9-15(14)22-18(24)23-28(20,26)16-10-21-17(27-16)19(3,4)25/h8-11,25H,5-7H2,1-4H3,(H3,20,22,23,24,26)/t28-/m1/s1. The Morgan fingerprint density at radius 3 is 2.57 bits per heavy atom. The topological polar surface area (TPSA) is 118 Å². The molecule has 2 aromatic rings. The molecule has 0 spiro atoms. The number of carbonyl (C=O) groups excluding carboxylic acids is 1. The molecule has 0 saturated carbocycles. The number of urea groups is 1. The molecule has 2 amide bonds. The average molecular weight is 423 g/mol. The van der Waals surface area contributed by atoms with Crippen molar-refractivity contribution < 1.29 is 14.1 Å². The monoisotopic (exact) mass is 422 g/mol. The minimum absolute atomic E-state index is 0.151. The molecule has 7 nitrogen and oxygen atoms in total. The molecule has 0 aliphatic heterocycles. The van der Waals surface area contributed by atoms with Gasteiger partial charge in [-0.3, -0.25) is 0 Å². The number of nitrogens with two attached hydrogens (primary N) is 1. The van der Waals surface area contributed by atoms with Crippen molar-refractivity contribution in [1.29, 1.82) is 0 Å². The van der Waals surface area contributed by atoms with E-state index < -0.39 is 21.5 Å². The van der Waals surface area contributed by atoms with Crippen molar-refractivity contribution in [1.82, 2.24) is 4.98 Å². The van der Waals surface area contributed by atoms with E-state index in [9.17, 15) is 14.1 Å². The zero-order valence-electron chi connectivity index (χ0n) is 16.5. The van der Waals surface area contributed by atoms with Gasteiger partial charge in [-0.15, -0.1) is 15.7 Å². The molecule has 28 heavy (non-hydrogen) atoms. The van der Waals surface area contributed by atoms with E-state index in [4.69, 9.17) is 5.14 Å². The van der Waals surface area contributed by atoms with Crippen molar-refractivity contribution >= 4 is 33.0 Å². The maximum atomic E-state index is 12.8. The molecule has 1 aliphatic rings. The second kappa shape index (κ2) is 7.55. The van der Waals surface area contributed by atoms with Gasteiger partial charge in [-0.2, -0.15) is 0 Å². The molecule has 0 fully saturated rings. The average Bonchev–Trinajstić information content (AvgIpc) is 3.22. The number of thiazole rings is 1. The number of aliphatic hydroxyl groups is 1. The number of nitrogens with one attached hydrogen (secondary N) is 1. The molecule has 1 aromatic carbocycles. The third-order valence-corrected chi connectivity index (χ3v) is 7.83. The number of nitrogens with zero attached hydrogens (tertiary/aromatic N) is 2. The Morgan fingerprint density at radius 2 is 2.00 bits per heavy atom. The van der Waals surface area contributed by atoms with Crippen molar-refractivity contribution in [2.75, 3.05) is 5.32 Å². The van der Waals surface area contributed by atoms with Crippen LogP contribution in [0.2, 0.25) is 0 Å². The fraction of sp³-hybridized carbons (Fsp3) is 0.474. The van der Waals surface area contributed by atoms with E-state index in [1.807, 2.05) is 6.07 Å². The Labute approximate surface area is 169 Å². The summed E-state index contributed by atoms with van der Waals surface area (Å²) in [5.41, 5.74) is 3.07. The van der Waals surface area contributed by atoms with E-state index in [0.717, 1.165) is 36.2 Å². The zero-order valence-corrected chi connectivity index (χ0v) is 18.1. The molecular formula is C19H26N4O3S2. The van der Waals surface area contributed by atoms with Crippen LogP contribution in [-0.4, -0.2) is 20.3 Å². The van der Waals surface area contributed by atoms with Gasteiger partial charge >= 0.3 is 6.03 Å². The van der Waals surface area contributed by atoms with Gasteiger partial charge in [0.2, 0.25) is 0 Å². The summed E-state index contributed by atoms with van der Waals surface area (Å²) in [4.78, 5) is 16.5. The third-order valence-electron chi connectivity index (χ3n) is 4.64. The number of carbonyl (C=O) groups is 1. The van der Waals surface area contributed by atoms with Gasteiger partial charge in [0.15, 0.2) is 9.92 Å². The van der Waals surface area contributed by atoms with Crippen LogP contribution in [0.25, 0.3) is 0 Å². The number of benzene rings is 1. The smallest absolute Gasteiger partial charge is 0.354 e. The first-order valence-electron chi connectivity index (χ1n) is 9.17. The van der Waals surface area contributed by atoms with E-state index in [0.29, 0.717) is 10.7 Å². The predicted octanol–water partition coefficient (Wildman–Crippen LogP) is 3.92. The first-order chi connectivity index (χ1) is 13.0. The van der Waals surface area contributed by atoms with Gasteiger partial charge in [-0.1, -0.05) is 19.9 Å². The highest BCUT2D eigenvalue weighted by Gasteiger charge is 2.24. The quantitative estimate of drug-likeness (QED) is 0.692. The third kappa shape index (κ3) is 4.43. The van der Waals surface area contributed by atoms with Gasteiger partial charge in [-0.25, -0.2) is 19.1 Å². The highest BCUT2D eigenvalue weighted by molar-refractivity contribution is 7.93. The molecule has 0 unspecified atom stereocenters. The van der Waals surface area contributed by atoms with Gasteiger partial charge in [0.25, 0.3) is 0 Å². The molecule has 9 heteroatoms. The number of amides is 2. The van der Waals surface area contributed by atoms with Crippen molar-refractivity contribution in [3.05, 3.63) is 40.0 Å². The number of anilines is 1. The molecule has 1 aromatic heterocycles. The van der Waals surface area contributed by atoms with E-state index in [1.165, 1.54) is 17.3 Å². The van der Waals surface area contributed by atoms with Crippen LogP contribution in [0.1, 0.15) is 61.7 Å². The molecule has 0 bridgehead atoms. The number of fused-ring (bicyclic) bond motifs is 1. The lowest BCUT2D eigenvalue weighted by atomic mass is 9.96. The highest BCUT2D eigenvalue weighted by Crippen LogP contribution is 2.33. The lowest BCUT2D eigenvalue weighted by molar-refractivity contribution is 0.0783. The van der Waals surface area contributed by atoms with Crippen LogP contribution < -0.4 is 10.5 Å². The summed E-state index contributed by atoms with van der Waals surface area (Å²) < 4.78 is 16.6. The Hall–Kier alpha value is -1.81. The zero-order chi connectivity index (χ0) is 20.7. The molecule has 1 heterocycles. The van der Waals surface area contributed by atoms with Crippen molar-refractivity contribution in [2.45, 2.75) is 62.7 Å². The summed E-state index contributed by atoms with van der Waals surface area (Å²) in [6.45, 7) is 7.26. The van der Waals surface area contributed by atoms with Gasteiger partial charge < -0.3 is 10.4 Å². The summed E-state index contributed by atoms with van der Waals surface area (Å²) in [5.74, 6) is 0.222. The minimum Gasteiger partial charge on any atom is -0.383 e. The summed E-state index contributed by atoms with van der Waals surface area (Å²) in [6.07, 6.45) is 4.45. The SMILES string of the molecule is CC(C)c1cc2c(cc1NC(=O)N=[S@@](N)(=O)c1cnc(C(C)(C)O)s1)CCC2. The lowest BCUT2D eigenvalue weighted by Crippen LogP contribution is -2.17. The van der Waals surface area contributed by atoms with Crippen LogP contribution in [0, 0.1) is 0 Å². The van der Waals surface area contributed by atoms with Gasteiger partial charge in [-0.05, 0) is 61.8 Å². The first kappa shape index (κ1) is 20.9. The summed E-state index contributed by atoms with van der Waals surface area (Å²) in [7, 11) is -3.46. The predicted molar refractivity (Wildman–Crippen MR) is 112 cm³/mol. The van der Waals surface area contributed by atoms with Crippen LogP contribution in [0.15, 0.2) is 26.9 Å². The van der Waals surface area contributed by atoms with E-state index in [1.54, 1.807) is 13.8 Å². The van der Waals surface area contributed by atoms with Crippen LogP contribution in [0.5, 0.6) is 0 Å². The van der Waals surface area contributed by atoms with Crippen LogP contribution in [-0.2, 0) is 28.4 Å². The van der Waals surface area contributed by atoms with Crippen LogP contribution in [0.3, 0.4) is 0 Å². The Morgan fingerprint density at radius 1 is 1.36 bits per heavy atom. The molecule has 152 valence electrons. The van der Waals surface area contributed by atoms with E-state index in [2.05, 4.69) is 34.6 Å². The first-order valence-corrected chi connectivity index (χ1v) is 11.6.